The fraction of sp³-hybridized carbons (Fsp3) is 0.438. The van der Waals surface area contributed by atoms with Crippen molar-refractivity contribution in [1.82, 2.24) is 14.7 Å². The Morgan fingerprint density at radius 3 is 2.76 bits per heavy atom. The Balaban J connectivity index is 1.50. The molecule has 2 aromatic rings. The zero-order chi connectivity index (χ0) is 14.7. The molecule has 21 heavy (non-hydrogen) atoms. The minimum Gasteiger partial charge on any atom is -0.490 e. The molecule has 1 aliphatic heterocycles. The zero-order valence-electron chi connectivity index (χ0n) is 12.2. The molecule has 0 amide bonds. The van der Waals surface area contributed by atoms with Crippen LogP contribution in [0.25, 0.3) is 0 Å². The number of hydrogen-bond acceptors (Lipinski definition) is 3. The van der Waals surface area contributed by atoms with Crippen LogP contribution in [0.15, 0.2) is 36.5 Å². The lowest BCUT2D eigenvalue weighted by molar-refractivity contribution is 0.0952. The standard InChI is InChI=1S/C16H20FN3O/c1-19-14(5-8-18-19)12-20-9-6-15(7-10-20)21-16-4-2-3-13(17)11-16/h2-5,8,11,15H,6-7,9-10,12H2,1H3. The molecule has 0 aliphatic carbocycles. The summed E-state index contributed by atoms with van der Waals surface area (Å²) in [6.07, 6.45) is 3.94. The van der Waals surface area contributed by atoms with E-state index in [1.165, 1.54) is 17.8 Å². The van der Waals surface area contributed by atoms with Crippen LogP contribution in [0.4, 0.5) is 4.39 Å². The van der Waals surface area contributed by atoms with Crippen molar-refractivity contribution < 1.29 is 9.13 Å². The predicted octanol–water partition coefficient (Wildman–Crippen LogP) is 2.60. The summed E-state index contributed by atoms with van der Waals surface area (Å²) in [5.41, 5.74) is 1.22. The van der Waals surface area contributed by atoms with Crippen LogP contribution in [0.2, 0.25) is 0 Å². The third-order valence-electron chi connectivity index (χ3n) is 3.94. The van der Waals surface area contributed by atoms with E-state index in [1.54, 1.807) is 6.07 Å². The van der Waals surface area contributed by atoms with E-state index in [9.17, 15) is 4.39 Å². The molecular formula is C16H20FN3O. The molecule has 5 heteroatoms. The van der Waals surface area contributed by atoms with Crippen LogP contribution in [-0.2, 0) is 13.6 Å². The number of rotatable bonds is 4. The number of likely N-dealkylation sites (tertiary alicyclic amines) is 1. The van der Waals surface area contributed by atoms with Gasteiger partial charge in [-0.3, -0.25) is 9.58 Å². The normalized spacial score (nSPS) is 17.0. The molecule has 0 N–H and O–H groups in total. The number of ether oxygens (including phenoxy) is 1. The van der Waals surface area contributed by atoms with Crippen molar-refractivity contribution in [2.75, 3.05) is 13.1 Å². The lowest BCUT2D eigenvalue weighted by atomic mass is 10.1. The number of piperidine rings is 1. The van der Waals surface area contributed by atoms with Crippen LogP contribution in [-0.4, -0.2) is 33.9 Å². The average Bonchev–Trinajstić information content (AvgIpc) is 2.87. The second-order valence-corrected chi connectivity index (χ2v) is 5.50. The summed E-state index contributed by atoms with van der Waals surface area (Å²) < 4.78 is 20.9. The van der Waals surface area contributed by atoms with Gasteiger partial charge in [0.25, 0.3) is 0 Å². The third kappa shape index (κ3) is 3.61. The van der Waals surface area contributed by atoms with E-state index in [-0.39, 0.29) is 11.9 Å². The first-order valence-electron chi connectivity index (χ1n) is 7.32. The van der Waals surface area contributed by atoms with Crippen LogP contribution in [0.1, 0.15) is 18.5 Å². The summed E-state index contributed by atoms with van der Waals surface area (Å²) in [5.74, 6) is 0.376. The summed E-state index contributed by atoms with van der Waals surface area (Å²) in [5, 5.41) is 4.19. The first-order valence-corrected chi connectivity index (χ1v) is 7.32. The van der Waals surface area contributed by atoms with Gasteiger partial charge in [-0.05, 0) is 31.0 Å². The van der Waals surface area contributed by atoms with Gasteiger partial charge in [0.15, 0.2) is 0 Å². The largest absolute Gasteiger partial charge is 0.490 e. The van der Waals surface area contributed by atoms with Crippen molar-refractivity contribution in [2.45, 2.75) is 25.5 Å². The Labute approximate surface area is 124 Å². The van der Waals surface area contributed by atoms with Gasteiger partial charge in [-0.2, -0.15) is 5.10 Å². The number of halogens is 1. The molecule has 1 aromatic heterocycles. The van der Waals surface area contributed by atoms with E-state index >= 15 is 0 Å². The topological polar surface area (TPSA) is 30.3 Å². The first-order chi connectivity index (χ1) is 10.2. The molecule has 1 aromatic carbocycles. The van der Waals surface area contributed by atoms with Gasteiger partial charge in [-0.15, -0.1) is 0 Å². The van der Waals surface area contributed by atoms with Gasteiger partial charge in [0.2, 0.25) is 0 Å². The first kappa shape index (κ1) is 14.1. The maximum absolute atomic E-state index is 13.1. The Morgan fingerprint density at radius 2 is 2.10 bits per heavy atom. The SMILES string of the molecule is Cn1nccc1CN1CCC(Oc2cccc(F)c2)CC1. The quantitative estimate of drug-likeness (QED) is 0.866. The van der Waals surface area contributed by atoms with Crippen molar-refractivity contribution in [3.63, 3.8) is 0 Å². The van der Waals surface area contributed by atoms with E-state index in [0.717, 1.165) is 32.5 Å². The van der Waals surface area contributed by atoms with E-state index in [1.807, 2.05) is 24.0 Å². The molecule has 4 nitrogen and oxygen atoms in total. The average molecular weight is 289 g/mol. The number of aryl methyl sites for hydroxylation is 1. The molecule has 0 atom stereocenters. The van der Waals surface area contributed by atoms with Crippen molar-refractivity contribution in [3.8, 4) is 5.75 Å². The summed E-state index contributed by atoms with van der Waals surface area (Å²) >= 11 is 0. The smallest absolute Gasteiger partial charge is 0.126 e. The molecule has 1 fully saturated rings. The third-order valence-corrected chi connectivity index (χ3v) is 3.94. The van der Waals surface area contributed by atoms with Crippen LogP contribution in [0, 0.1) is 5.82 Å². The molecule has 2 heterocycles. The van der Waals surface area contributed by atoms with E-state index in [0.29, 0.717) is 5.75 Å². The van der Waals surface area contributed by atoms with Gasteiger partial charge in [-0.1, -0.05) is 6.07 Å². The maximum atomic E-state index is 13.1. The summed E-state index contributed by atoms with van der Waals surface area (Å²) in [6, 6.07) is 8.42. The number of hydrogen-bond donors (Lipinski definition) is 0. The van der Waals surface area contributed by atoms with Crippen molar-refractivity contribution in [2.24, 2.45) is 7.05 Å². The monoisotopic (exact) mass is 289 g/mol. The van der Waals surface area contributed by atoms with Crippen molar-refractivity contribution >= 4 is 0 Å². The van der Waals surface area contributed by atoms with E-state index < -0.39 is 0 Å². The van der Waals surface area contributed by atoms with Gasteiger partial charge in [0.05, 0.1) is 5.69 Å². The zero-order valence-corrected chi connectivity index (χ0v) is 12.2. The fourth-order valence-electron chi connectivity index (χ4n) is 2.70. The minimum atomic E-state index is -0.249. The lowest BCUT2D eigenvalue weighted by Crippen LogP contribution is -2.38. The highest BCUT2D eigenvalue weighted by molar-refractivity contribution is 5.22. The molecule has 0 unspecified atom stereocenters. The van der Waals surface area contributed by atoms with Gasteiger partial charge in [0, 0.05) is 38.9 Å². The van der Waals surface area contributed by atoms with Gasteiger partial charge in [-0.25, -0.2) is 4.39 Å². The minimum absolute atomic E-state index is 0.176. The Bertz CT molecular complexity index is 591. The molecule has 112 valence electrons. The maximum Gasteiger partial charge on any atom is 0.126 e. The summed E-state index contributed by atoms with van der Waals surface area (Å²) in [7, 11) is 1.97. The van der Waals surface area contributed by atoms with Crippen molar-refractivity contribution in [1.29, 1.82) is 0 Å². The van der Waals surface area contributed by atoms with Crippen LogP contribution in [0.5, 0.6) is 5.75 Å². The van der Waals surface area contributed by atoms with Gasteiger partial charge < -0.3 is 4.74 Å². The molecule has 0 spiro atoms. The number of aromatic nitrogens is 2. The van der Waals surface area contributed by atoms with Gasteiger partial charge >= 0.3 is 0 Å². The second-order valence-electron chi connectivity index (χ2n) is 5.50. The number of benzene rings is 1. The molecule has 0 saturated carbocycles. The second kappa shape index (κ2) is 6.26. The highest BCUT2D eigenvalue weighted by atomic mass is 19.1. The van der Waals surface area contributed by atoms with Crippen LogP contribution < -0.4 is 4.74 Å². The molecule has 1 saturated heterocycles. The highest BCUT2D eigenvalue weighted by Crippen LogP contribution is 2.20. The fourth-order valence-corrected chi connectivity index (χ4v) is 2.70. The summed E-state index contributed by atoms with van der Waals surface area (Å²) in [4.78, 5) is 2.41. The Kier molecular flexibility index (Phi) is 4.20. The molecule has 0 bridgehead atoms. The van der Waals surface area contributed by atoms with Gasteiger partial charge in [0.1, 0.15) is 17.7 Å². The molecule has 3 rings (SSSR count). The Hall–Kier alpha value is -1.88. The van der Waals surface area contributed by atoms with E-state index in [4.69, 9.17) is 4.74 Å². The molecule has 0 radical (unpaired) electrons. The van der Waals surface area contributed by atoms with Crippen LogP contribution in [0.3, 0.4) is 0 Å². The molecular weight excluding hydrogens is 269 g/mol. The molecule has 1 aliphatic rings. The Morgan fingerprint density at radius 1 is 1.29 bits per heavy atom. The predicted molar refractivity (Wildman–Crippen MR) is 78.5 cm³/mol. The van der Waals surface area contributed by atoms with Crippen molar-refractivity contribution in [3.05, 3.63) is 48.0 Å². The lowest BCUT2D eigenvalue weighted by Gasteiger charge is -2.32. The van der Waals surface area contributed by atoms with E-state index in [2.05, 4.69) is 16.1 Å². The number of nitrogens with zero attached hydrogens (tertiary/aromatic N) is 3. The summed E-state index contributed by atoms with van der Waals surface area (Å²) in [6.45, 7) is 2.90. The van der Waals surface area contributed by atoms with Crippen LogP contribution >= 0.6 is 0 Å². The highest BCUT2D eigenvalue weighted by Gasteiger charge is 2.21.